The van der Waals surface area contributed by atoms with E-state index in [2.05, 4.69) is 74.5 Å². The lowest BCUT2D eigenvalue weighted by molar-refractivity contribution is 0.556. The van der Waals surface area contributed by atoms with Gasteiger partial charge in [0.25, 0.3) is 0 Å². The summed E-state index contributed by atoms with van der Waals surface area (Å²) in [6.45, 7) is 4.60. The fourth-order valence-electron chi connectivity index (χ4n) is 7.31. The molecule has 0 aliphatic heterocycles. The Balaban J connectivity index is 1.15. The second-order valence-electron chi connectivity index (χ2n) is 14.0. The first-order valence-electron chi connectivity index (χ1n) is 19.1. The number of aryl methyl sites for hydroxylation is 2. The van der Waals surface area contributed by atoms with Gasteiger partial charge in [0, 0.05) is 20.2 Å². The van der Waals surface area contributed by atoms with E-state index in [0.717, 1.165) is 0 Å². The first kappa shape index (κ1) is 34.0. The minimum absolute atomic E-state index is 1.21. The van der Waals surface area contributed by atoms with Gasteiger partial charge in [0.1, 0.15) is 0 Å². The molecule has 0 radical (unpaired) electrons. The van der Waals surface area contributed by atoms with Crippen molar-refractivity contribution < 1.29 is 0 Å². The van der Waals surface area contributed by atoms with Gasteiger partial charge in [-0.25, -0.2) is 0 Å². The minimum Gasteiger partial charge on any atom is -0.135 e. The molecule has 0 unspecified atom stereocenters. The van der Waals surface area contributed by atoms with Gasteiger partial charge in [-0.05, 0) is 82.6 Å². The molecule has 0 N–H and O–H groups in total. The SMILES string of the molecule is CCCCCCCCCCCCc1ccc2cc3sc4cc5ccc(CCCCCCCCCCCC)cc5cc4c3cc2c1. The van der Waals surface area contributed by atoms with Crippen LogP contribution in [0, 0.1) is 0 Å². The average Bonchev–Trinajstić information content (AvgIpc) is 3.40. The zero-order valence-electron chi connectivity index (χ0n) is 28.7. The van der Waals surface area contributed by atoms with Crippen LogP contribution in [0.25, 0.3) is 41.7 Å². The Morgan fingerprint density at radius 3 is 1.09 bits per heavy atom. The molecule has 0 amide bonds. The molecule has 1 heteroatoms. The van der Waals surface area contributed by atoms with Gasteiger partial charge in [-0.15, -0.1) is 11.3 Å². The second-order valence-corrected chi connectivity index (χ2v) is 15.1. The van der Waals surface area contributed by atoms with E-state index >= 15 is 0 Å². The summed E-state index contributed by atoms with van der Waals surface area (Å²) in [6, 6.07) is 24.2. The zero-order valence-corrected chi connectivity index (χ0v) is 29.6. The molecule has 0 saturated heterocycles. The first-order chi connectivity index (χ1) is 22.2. The largest absolute Gasteiger partial charge is 0.135 e. The highest BCUT2D eigenvalue weighted by Gasteiger charge is 2.10. The number of rotatable bonds is 22. The molecule has 0 nitrogen and oxygen atoms in total. The van der Waals surface area contributed by atoms with Gasteiger partial charge >= 0.3 is 0 Å². The van der Waals surface area contributed by atoms with Gasteiger partial charge in [-0.3, -0.25) is 0 Å². The average molecular weight is 621 g/mol. The van der Waals surface area contributed by atoms with Crippen LogP contribution in [0.2, 0.25) is 0 Å². The van der Waals surface area contributed by atoms with E-state index in [1.165, 1.54) is 194 Å². The van der Waals surface area contributed by atoms with Crippen LogP contribution >= 0.6 is 11.3 Å². The highest BCUT2D eigenvalue weighted by atomic mass is 32.1. The van der Waals surface area contributed by atoms with Crippen LogP contribution in [0.3, 0.4) is 0 Å². The monoisotopic (exact) mass is 620 g/mol. The van der Waals surface area contributed by atoms with Crippen LogP contribution in [0.4, 0.5) is 0 Å². The third kappa shape index (κ3) is 10.3. The van der Waals surface area contributed by atoms with Crippen LogP contribution in [-0.4, -0.2) is 0 Å². The normalized spacial score (nSPS) is 12.0. The van der Waals surface area contributed by atoms with Gasteiger partial charge in [0.15, 0.2) is 0 Å². The lowest BCUT2D eigenvalue weighted by atomic mass is 9.98. The van der Waals surface area contributed by atoms with Crippen molar-refractivity contribution in [3.8, 4) is 0 Å². The number of fused-ring (bicyclic) bond motifs is 5. The van der Waals surface area contributed by atoms with Crippen molar-refractivity contribution in [1.29, 1.82) is 0 Å². The van der Waals surface area contributed by atoms with Crippen molar-refractivity contribution in [3.63, 3.8) is 0 Å². The van der Waals surface area contributed by atoms with E-state index in [1.54, 1.807) is 0 Å². The predicted molar refractivity (Wildman–Crippen MR) is 205 cm³/mol. The third-order valence-corrected chi connectivity index (χ3v) is 11.3. The molecule has 5 rings (SSSR count). The Hall–Kier alpha value is -2.38. The molecular formula is C44H60S. The van der Waals surface area contributed by atoms with E-state index in [9.17, 15) is 0 Å². The molecule has 0 saturated carbocycles. The smallest absolute Gasteiger partial charge is 0.0361 e. The Morgan fingerprint density at radius 1 is 0.356 bits per heavy atom. The fraction of sp³-hybridized carbons (Fsp3) is 0.545. The molecule has 45 heavy (non-hydrogen) atoms. The van der Waals surface area contributed by atoms with Crippen molar-refractivity contribution >= 4 is 53.1 Å². The summed E-state index contributed by atoms with van der Waals surface area (Å²) in [4.78, 5) is 0. The van der Waals surface area contributed by atoms with E-state index in [-0.39, 0.29) is 0 Å². The van der Waals surface area contributed by atoms with Gasteiger partial charge < -0.3 is 0 Å². The summed E-state index contributed by atoms with van der Waals surface area (Å²) in [7, 11) is 0. The summed E-state index contributed by atoms with van der Waals surface area (Å²) in [5.41, 5.74) is 3.01. The van der Waals surface area contributed by atoms with Crippen molar-refractivity contribution in [3.05, 3.63) is 71.8 Å². The highest BCUT2D eigenvalue weighted by Crippen LogP contribution is 2.39. The highest BCUT2D eigenvalue weighted by molar-refractivity contribution is 7.26. The predicted octanol–water partition coefficient (Wildman–Crippen LogP) is 15.3. The topological polar surface area (TPSA) is 0 Å². The molecule has 242 valence electrons. The van der Waals surface area contributed by atoms with Crippen LogP contribution in [0.15, 0.2) is 60.7 Å². The molecule has 0 bridgehead atoms. The van der Waals surface area contributed by atoms with Crippen molar-refractivity contribution in [1.82, 2.24) is 0 Å². The summed E-state index contributed by atoms with van der Waals surface area (Å²) < 4.78 is 2.83. The maximum Gasteiger partial charge on any atom is 0.0361 e. The standard InChI is InChI=1S/C44H60S/c1-3-5-7-9-11-13-15-17-19-21-23-35-25-27-37-33-43-41(31-39(37)29-35)42-32-40-30-36(26-28-38(40)34-44(42)45-43)24-22-20-18-16-14-12-10-8-6-4-2/h25-34H,3-24H2,1-2H3. The second kappa shape index (κ2) is 18.7. The lowest BCUT2D eigenvalue weighted by Crippen LogP contribution is -1.87. The molecule has 1 heterocycles. The van der Waals surface area contributed by atoms with E-state index in [1.807, 2.05) is 11.3 Å². The van der Waals surface area contributed by atoms with Crippen LogP contribution < -0.4 is 0 Å². The zero-order chi connectivity index (χ0) is 31.1. The van der Waals surface area contributed by atoms with Crippen molar-refractivity contribution in [2.45, 2.75) is 155 Å². The summed E-state index contributed by atoms with van der Waals surface area (Å²) in [6.07, 6.45) is 30.4. The van der Waals surface area contributed by atoms with E-state index < -0.39 is 0 Å². The van der Waals surface area contributed by atoms with Crippen LogP contribution in [-0.2, 0) is 12.8 Å². The number of unbranched alkanes of at least 4 members (excludes halogenated alkanes) is 18. The Labute approximate surface area is 279 Å². The van der Waals surface area contributed by atoms with Crippen LogP contribution in [0.1, 0.15) is 153 Å². The molecule has 0 aliphatic rings. The summed E-state index contributed by atoms with van der Waals surface area (Å²) in [5.74, 6) is 0. The van der Waals surface area contributed by atoms with Gasteiger partial charge in [0.2, 0.25) is 0 Å². The number of thiophene rings is 1. The van der Waals surface area contributed by atoms with Gasteiger partial charge in [-0.2, -0.15) is 0 Å². The van der Waals surface area contributed by atoms with Gasteiger partial charge in [-0.1, -0.05) is 166 Å². The van der Waals surface area contributed by atoms with Crippen molar-refractivity contribution in [2.75, 3.05) is 0 Å². The lowest BCUT2D eigenvalue weighted by Gasteiger charge is -2.06. The Bertz CT molecular complexity index is 1470. The molecule has 0 aliphatic carbocycles. The molecule has 0 atom stereocenters. The maximum atomic E-state index is 2.48. The molecule has 5 aromatic rings. The minimum atomic E-state index is 1.21. The summed E-state index contributed by atoms with van der Waals surface area (Å²) in [5, 5.41) is 8.43. The Kier molecular flexibility index (Phi) is 14.1. The van der Waals surface area contributed by atoms with E-state index in [4.69, 9.17) is 0 Å². The maximum absolute atomic E-state index is 2.48. The number of benzene rings is 4. The molecule has 4 aromatic carbocycles. The Morgan fingerprint density at radius 2 is 0.711 bits per heavy atom. The van der Waals surface area contributed by atoms with Gasteiger partial charge in [0.05, 0.1) is 0 Å². The molecule has 0 fully saturated rings. The number of hydrogen-bond acceptors (Lipinski definition) is 1. The third-order valence-electron chi connectivity index (χ3n) is 10.2. The first-order valence-corrected chi connectivity index (χ1v) is 19.9. The molecule has 0 spiro atoms. The van der Waals surface area contributed by atoms with Crippen LogP contribution in [0.5, 0.6) is 0 Å². The number of hydrogen-bond donors (Lipinski definition) is 0. The molecular weight excluding hydrogens is 561 g/mol. The quantitative estimate of drug-likeness (QED) is 0.0675. The fourth-order valence-corrected chi connectivity index (χ4v) is 8.47. The summed E-state index contributed by atoms with van der Waals surface area (Å²) >= 11 is 1.96. The molecule has 1 aromatic heterocycles. The van der Waals surface area contributed by atoms with Crippen molar-refractivity contribution in [2.24, 2.45) is 0 Å². The van der Waals surface area contributed by atoms with E-state index in [0.29, 0.717) is 0 Å².